The highest BCUT2D eigenvalue weighted by molar-refractivity contribution is 7.83. The number of halogens is 1. The summed E-state index contributed by atoms with van der Waals surface area (Å²) in [7, 11) is -1.02. The van der Waals surface area contributed by atoms with E-state index in [0.717, 1.165) is 5.56 Å². The number of hydrogen-bond acceptors (Lipinski definition) is 3. The molecule has 5 nitrogen and oxygen atoms in total. The summed E-state index contributed by atoms with van der Waals surface area (Å²) in [4.78, 5) is 23.1. The summed E-state index contributed by atoms with van der Waals surface area (Å²) in [6.45, 7) is 0. The van der Waals surface area contributed by atoms with E-state index in [0.29, 0.717) is 35.7 Å². The Labute approximate surface area is 136 Å². The van der Waals surface area contributed by atoms with E-state index in [2.05, 4.69) is 5.32 Å². The first-order valence-corrected chi connectivity index (χ1v) is 9.09. The fourth-order valence-corrected chi connectivity index (χ4v) is 3.61. The summed E-state index contributed by atoms with van der Waals surface area (Å²) >= 11 is 6.05. The number of amides is 1. The highest BCUT2D eigenvalue weighted by atomic mass is 35.5. The average Bonchev–Trinajstić information content (AvgIpc) is 2.92. The Morgan fingerprint density at radius 3 is 2.64 bits per heavy atom. The third kappa shape index (κ3) is 4.30. The van der Waals surface area contributed by atoms with Crippen molar-refractivity contribution in [1.29, 1.82) is 0 Å². The van der Waals surface area contributed by atoms with Gasteiger partial charge in [-0.2, -0.15) is 0 Å². The number of carboxylic acid groups (broad SMARTS) is 1. The zero-order valence-electron chi connectivity index (χ0n) is 12.2. The van der Waals surface area contributed by atoms with Crippen molar-refractivity contribution in [3.05, 3.63) is 28.8 Å². The van der Waals surface area contributed by atoms with E-state index in [1.807, 2.05) is 0 Å². The average molecular weight is 344 g/mol. The van der Waals surface area contributed by atoms with Gasteiger partial charge in [-0.1, -0.05) is 11.6 Å². The van der Waals surface area contributed by atoms with Crippen molar-refractivity contribution in [3.8, 4) is 0 Å². The van der Waals surface area contributed by atoms with Crippen LogP contribution in [0.5, 0.6) is 0 Å². The van der Waals surface area contributed by atoms with Crippen molar-refractivity contribution < 1.29 is 18.9 Å². The minimum Gasteiger partial charge on any atom is -0.481 e. The molecular formula is C15H18ClNO4S. The van der Waals surface area contributed by atoms with Gasteiger partial charge in [-0.15, -0.1) is 0 Å². The molecule has 0 saturated heterocycles. The van der Waals surface area contributed by atoms with Crippen LogP contribution >= 0.6 is 11.6 Å². The molecule has 0 aliphatic heterocycles. The molecule has 2 rings (SSSR count). The highest BCUT2D eigenvalue weighted by Crippen LogP contribution is 2.32. The smallest absolute Gasteiger partial charge is 0.306 e. The summed E-state index contributed by atoms with van der Waals surface area (Å²) in [5.74, 6) is -1.39. The minimum atomic E-state index is -1.02. The van der Waals surface area contributed by atoms with Gasteiger partial charge in [-0.25, -0.2) is 0 Å². The lowest BCUT2D eigenvalue weighted by atomic mass is 10.0. The summed E-state index contributed by atoms with van der Waals surface area (Å²) in [5.41, 5.74) is 1.31. The highest BCUT2D eigenvalue weighted by Gasteiger charge is 2.33. The van der Waals surface area contributed by atoms with Crippen LogP contribution in [0.15, 0.2) is 18.2 Å². The van der Waals surface area contributed by atoms with Gasteiger partial charge in [-0.05, 0) is 43.0 Å². The largest absolute Gasteiger partial charge is 0.481 e. The second-order valence-electron chi connectivity index (χ2n) is 5.56. The normalized spacial score (nSPS) is 22.3. The summed E-state index contributed by atoms with van der Waals surface area (Å²) < 4.78 is 11.3. The van der Waals surface area contributed by atoms with Gasteiger partial charge in [0.15, 0.2) is 0 Å². The number of carbonyl (C=O) groups excluding carboxylic acids is 1. The molecule has 1 saturated carbocycles. The quantitative estimate of drug-likeness (QED) is 0.860. The zero-order chi connectivity index (χ0) is 16.3. The van der Waals surface area contributed by atoms with Crippen molar-refractivity contribution in [2.45, 2.75) is 25.0 Å². The zero-order valence-corrected chi connectivity index (χ0v) is 13.7. The third-order valence-electron chi connectivity index (χ3n) is 3.82. The van der Waals surface area contributed by atoms with E-state index >= 15 is 0 Å². The molecule has 0 radical (unpaired) electrons. The first-order valence-electron chi connectivity index (χ1n) is 6.99. The molecule has 7 heteroatoms. The van der Waals surface area contributed by atoms with E-state index in [4.69, 9.17) is 16.7 Å². The molecule has 1 fully saturated rings. The first-order chi connectivity index (χ1) is 10.4. The molecule has 1 aromatic carbocycles. The molecule has 1 aliphatic carbocycles. The lowest BCUT2D eigenvalue weighted by Gasteiger charge is -2.12. The van der Waals surface area contributed by atoms with E-state index in [1.54, 1.807) is 24.5 Å². The van der Waals surface area contributed by atoms with Crippen LogP contribution in [0.4, 0.5) is 5.69 Å². The Kier molecular flexibility index (Phi) is 5.58. The third-order valence-corrected chi connectivity index (χ3v) is 4.91. The number of hydrogen-bond donors (Lipinski definition) is 2. The number of anilines is 1. The molecule has 1 amide bonds. The van der Waals surface area contributed by atoms with E-state index in [9.17, 15) is 13.8 Å². The van der Waals surface area contributed by atoms with Gasteiger partial charge in [0.2, 0.25) is 5.91 Å². The Bertz CT molecular complexity index is 620. The number of carbonyl (C=O) groups is 2. The maximum atomic E-state index is 12.2. The predicted octanol–water partition coefficient (Wildman–Crippen LogP) is 2.66. The molecule has 0 spiro atoms. The van der Waals surface area contributed by atoms with Crippen LogP contribution < -0.4 is 5.32 Å². The number of nitrogens with one attached hydrogen (secondary N) is 1. The van der Waals surface area contributed by atoms with Crippen molar-refractivity contribution in [2.24, 2.45) is 11.8 Å². The van der Waals surface area contributed by atoms with Gasteiger partial charge < -0.3 is 10.4 Å². The number of aliphatic carboxylic acids is 1. The summed E-state index contributed by atoms with van der Waals surface area (Å²) in [5, 5.41) is 12.3. The lowest BCUT2D eigenvalue weighted by molar-refractivity contribution is -0.141. The maximum absolute atomic E-state index is 12.2. The van der Waals surface area contributed by atoms with Gasteiger partial charge in [-0.3, -0.25) is 13.8 Å². The van der Waals surface area contributed by atoms with Crippen molar-refractivity contribution in [3.63, 3.8) is 0 Å². The van der Waals surface area contributed by atoms with Crippen LogP contribution in [0, 0.1) is 11.8 Å². The Balaban J connectivity index is 2.03. The van der Waals surface area contributed by atoms with E-state index in [1.165, 1.54) is 0 Å². The Morgan fingerprint density at radius 2 is 2.05 bits per heavy atom. The molecule has 0 aromatic heterocycles. The van der Waals surface area contributed by atoms with Crippen LogP contribution in [0.3, 0.4) is 0 Å². The molecular weight excluding hydrogens is 326 g/mol. The second-order valence-corrected chi connectivity index (χ2v) is 7.40. The van der Waals surface area contributed by atoms with Gasteiger partial charge in [0, 0.05) is 39.4 Å². The van der Waals surface area contributed by atoms with Crippen molar-refractivity contribution in [1.82, 2.24) is 0 Å². The topological polar surface area (TPSA) is 83.5 Å². The van der Waals surface area contributed by atoms with Crippen LogP contribution in [0.2, 0.25) is 5.02 Å². The van der Waals surface area contributed by atoms with Crippen LogP contribution in [-0.4, -0.2) is 27.4 Å². The van der Waals surface area contributed by atoms with Gasteiger partial charge in [0.05, 0.1) is 5.92 Å². The van der Waals surface area contributed by atoms with Gasteiger partial charge in [0.1, 0.15) is 0 Å². The molecule has 1 unspecified atom stereocenters. The van der Waals surface area contributed by atoms with Crippen LogP contribution in [-0.2, 0) is 26.1 Å². The number of benzene rings is 1. The molecule has 1 aromatic rings. The lowest BCUT2D eigenvalue weighted by Crippen LogP contribution is -2.21. The maximum Gasteiger partial charge on any atom is 0.306 e. The Hall–Kier alpha value is -1.40. The molecule has 2 N–H and O–H groups in total. The fourth-order valence-electron chi connectivity index (χ4n) is 2.67. The Morgan fingerprint density at radius 1 is 1.36 bits per heavy atom. The molecule has 0 bridgehead atoms. The van der Waals surface area contributed by atoms with Gasteiger partial charge >= 0.3 is 5.97 Å². The monoisotopic (exact) mass is 343 g/mol. The van der Waals surface area contributed by atoms with Crippen molar-refractivity contribution >= 4 is 40.0 Å². The molecule has 3 atom stereocenters. The molecule has 120 valence electrons. The van der Waals surface area contributed by atoms with Crippen LogP contribution in [0.25, 0.3) is 0 Å². The number of carboxylic acids is 1. The fraction of sp³-hybridized carbons (Fsp3) is 0.467. The molecule has 1 aliphatic rings. The van der Waals surface area contributed by atoms with Crippen LogP contribution in [0.1, 0.15) is 24.8 Å². The predicted molar refractivity (Wildman–Crippen MR) is 86.3 cm³/mol. The van der Waals surface area contributed by atoms with E-state index < -0.39 is 22.7 Å². The minimum absolute atomic E-state index is 0.172. The second kappa shape index (κ2) is 7.24. The van der Waals surface area contributed by atoms with E-state index in [-0.39, 0.29) is 11.8 Å². The SMILES string of the molecule is CS(=O)Cc1cc(NC(=O)[C@@H]2CC[C@H](C(=O)O)C2)ccc1Cl. The molecule has 0 heterocycles. The number of rotatable bonds is 5. The first kappa shape index (κ1) is 17.0. The molecule has 22 heavy (non-hydrogen) atoms. The van der Waals surface area contributed by atoms with Gasteiger partial charge in [0.25, 0.3) is 0 Å². The van der Waals surface area contributed by atoms with Crippen molar-refractivity contribution in [2.75, 3.05) is 11.6 Å². The summed E-state index contributed by atoms with van der Waals surface area (Å²) in [6, 6.07) is 5.06. The summed E-state index contributed by atoms with van der Waals surface area (Å²) in [6.07, 6.45) is 3.09. The standard InChI is InChI=1S/C15H18ClNO4S/c1-22(21)8-11-7-12(4-5-13(11)16)17-14(18)9-2-3-10(6-9)15(19)20/h4-5,7,9-10H,2-3,6,8H2,1H3,(H,17,18)(H,19,20)/t9-,10+,22?/m1/s1.